The molecule has 0 saturated carbocycles. The van der Waals surface area contributed by atoms with Crippen molar-refractivity contribution in [2.45, 2.75) is 19.4 Å². The second-order valence-electron chi connectivity index (χ2n) is 4.91. The number of carboxylic acids is 1. The normalized spacial score (nSPS) is 10.3. The molecule has 23 heavy (non-hydrogen) atoms. The summed E-state index contributed by atoms with van der Waals surface area (Å²) in [7, 11) is 1.62. The molecule has 8 heteroatoms. The Kier molecular flexibility index (Phi) is 5.67. The summed E-state index contributed by atoms with van der Waals surface area (Å²) in [6, 6.07) is 7.78. The van der Waals surface area contributed by atoms with Gasteiger partial charge in [-0.3, -0.25) is 4.79 Å². The Balaban J connectivity index is 1.68. The summed E-state index contributed by atoms with van der Waals surface area (Å²) < 4.78 is 6.29. The van der Waals surface area contributed by atoms with Crippen LogP contribution in [-0.4, -0.2) is 45.6 Å². The van der Waals surface area contributed by atoms with Crippen LogP contribution in [0.25, 0.3) is 0 Å². The fourth-order valence-corrected chi connectivity index (χ4v) is 1.99. The lowest BCUT2D eigenvalue weighted by Gasteiger charge is -2.06. The van der Waals surface area contributed by atoms with E-state index in [-0.39, 0.29) is 18.1 Å². The van der Waals surface area contributed by atoms with Crippen molar-refractivity contribution >= 4 is 11.9 Å². The Hall–Kier alpha value is -2.90. The van der Waals surface area contributed by atoms with Crippen molar-refractivity contribution < 1.29 is 19.4 Å². The van der Waals surface area contributed by atoms with Gasteiger partial charge >= 0.3 is 5.97 Å². The third-order valence-electron chi connectivity index (χ3n) is 3.19. The molecule has 0 fully saturated rings. The predicted octanol–water partition coefficient (Wildman–Crippen LogP) is 0.734. The SMILES string of the molecule is COc1ccc(CCCNC(=O)Cn2cc(C(=O)O)nn2)cc1. The van der Waals surface area contributed by atoms with E-state index < -0.39 is 5.97 Å². The molecule has 0 unspecified atom stereocenters. The maximum absolute atomic E-state index is 11.7. The highest BCUT2D eigenvalue weighted by molar-refractivity contribution is 5.84. The van der Waals surface area contributed by atoms with Gasteiger partial charge in [0.05, 0.1) is 13.3 Å². The summed E-state index contributed by atoms with van der Waals surface area (Å²) in [6.07, 6.45) is 2.87. The van der Waals surface area contributed by atoms with Gasteiger partial charge in [-0.25, -0.2) is 9.48 Å². The van der Waals surface area contributed by atoms with Crippen LogP contribution in [0.1, 0.15) is 22.5 Å². The highest BCUT2D eigenvalue weighted by Gasteiger charge is 2.10. The third-order valence-corrected chi connectivity index (χ3v) is 3.19. The number of methoxy groups -OCH3 is 1. The summed E-state index contributed by atoms with van der Waals surface area (Å²) in [5.41, 5.74) is 0.986. The van der Waals surface area contributed by atoms with E-state index in [9.17, 15) is 9.59 Å². The molecule has 0 aliphatic carbocycles. The Morgan fingerprint density at radius 1 is 1.30 bits per heavy atom. The molecule has 1 aromatic heterocycles. The zero-order valence-electron chi connectivity index (χ0n) is 12.7. The molecule has 0 aliphatic heterocycles. The number of nitrogens with zero attached hydrogens (tertiary/aromatic N) is 3. The van der Waals surface area contributed by atoms with E-state index in [1.54, 1.807) is 7.11 Å². The Bertz CT molecular complexity index is 666. The number of ether oxygens (including phenoxy) is 1. The monoisotopic (exact) mass is 318 g/mol. The van der Waals surface area contributed by atoms with Gasteiger partial charge < -0.3 is 15.2 Å². The van der Waals surface area contributed by atoms with E-state index in [1.165, 1.54) is 16.4 Å². The maximum Gasteiger partial charge on any atom is 0.358 e. The van der Waals surface area contributed by atoms with Gasteiger partial charge in [-0.15, -0.1) is 5.10 Å². The molecule has 0 radical (unpaired) electrons. The molecule has 2 rings (SSSR count). The van der Waals surface area contributed by atoms with Crippen molar-refractivity contribution in [2.75, 3.05) is 13.7 Å². The number of rotatable bonds is 8. The highest BCUT2D eigenvalue weighted by Crippen LogP contribution is 2.12. The minimum Gasteiger partial charge on any atom is -0.497 e. The van der Waals surface area contributed by atoms with Crippen molar-refractivity contribution in [3.05, 3.63) is 41.7 Å². The van der Waals surface area contributed by atoms with E-state index in [2.05, 4.69) is 15.6 Å². The lowest BCUT2D eigenvalue weighted by atomic mass is 10.1. The van der Waals surface area contributed by atoms with Crippen LogP contribution in [0.2, 0.25) is 0 Å². The molecule has 0 bridgehead atoms. The van der Waals surface area contributed by atoms with Crippen LogP contribution in [0.3, 0.4) is 0 Å². The second kappa shape index (κ2) is 7.92. The molecule has 0 spiro atoms. The van der Waals surface area contributed by atoms with Gasteiger partial charge in [0.25, 0.3) is 0 Å². The molecule has 1 amide bonds. The summed E-state index contributed by atoms with van der Waals surface area (Å²) in [5, 5.41) is 18.5. The van der Waals surface area contributed by atoms with Crippen LogP contribution in [0, 0.1) is 0 Å². The summed E-state index contributed by atoms with van der Waals surface area (Å²) in [4.78, 5) is 22.4. The van der Waals surface area contributed by atoms with E-state index in [0.29, 0.717) is 6.54 Å². The van der Waals surface area contributed by atoms with Gasteiger partial charge in [0.2, 0.25) is 5.91 Å². The quantitative estimate of drug-likeness (QED) is 0.695. The summed E-state index contributed by atoms with van der Waals surface area (Å²) >= 11 is 0. The van der Waals surface area contributed by atoms with Crippen LogP contribution in [0.4, 0.5) is 0 Å². The average molecular weight is 318 g/mol. The number of carbonyl (C=O) groups is 2. The third kappa shape index (κ3) is 5.10. The van der Waals surface area contributed by atoms with Gasteiger partial charge in [-0.1, -0.05) is 17.3 Å². The number of aryl methyl sites for hydroxylation is 1. The topological polar surface area (TPSA) is 106 Å². The van der Waals surface area contributed by atoms with Gasteiger partial charge in [0.15, 0.2) is 5.69 Å². The summed E-state index contributed by atoms with van der Waals surface area (Å²) in [5.74, 6) is -0.590. The minimum absolute atomic E-state index is 0.0528. The standard InChI is InChI=1S/C15H18N4O4/c1-23-12-6-4-11(5-7-12)3-2-8-16-14(20)10-19-9-13(15(21)22)17-18-19/h4-7,9H,2-3,8,10H2,1H3,(H,16,20)(H,21,22). The Morgan fingerprint density at radius 3 is 2.65 bits per heavy atom. The number of aromatic carboxylic acids is 1. The fraction of sp³-hybridized carbons (Fsp3) is 0.333. The van der Waals surface area contributed by atoms with Gasteiger partial charge in [0.1, 0.15) is 12.3 Å². The second-order valence-corrected chi connectivity index (χ2v) is 4.91. The number of benzene rings is 1. The fourth-order valence-electron chi connectivity index (χ4n) is 1.99. The molecule has 2 N–H and O–H groups in total. The molecule has 0 atom stereocenters. The van der Waals surface area contributed by atoms with Crippen LogP contribution >= 0.6 is 0 Å². The van der Waals surface area contributed by atoms with Gasteiger partial charge in [-0.05, 0) is 30.5 Å². The number of aromatic nitrogens is 3. The van der Waals surface area contributed by atoms with E-state index in [0.717, 1.165) is 18.6 Å². The molecule has 1 heterocycles. The predicted molar refractivity (Wildman–Crippen MR) is 81.3 cm³/mol. The first-order valence-corrected chi connectivity index (χ1v) is 7.11. The van der Waals surface area contributed by atoms with Crippen LogP contribution in [0.15, 0.2) is 30.5 Å². The van der Waals surface area contributed by atoms with Crippen molar-refractivity contribution in [2.24, 2.45) is 0 Å². The van der Waals surface area contributed by atoms with Crippen LogP contribution in [-0.2, 0) is 17.8 Å². The van der Waals surface area contributed by atoms with Crippen LogP contribution in [0.5, 0.6) is 5.75 Å². The van der Waals surface area contributed by atoms with Crippen molar-refractivity contribution in [1.82, 2.24) is 20.3 Å². The molecule has 0 saturated heterocycles. The molecule has 2 aromatic rings. The average Bonchev–Trinajstić information content (AvgIpc) is 3.01. The zero-order valence-corrected chi connectivity index (χ0v) is 12.7. The molecular weight excluding hydrogens is 300 g/mol. The first-order valence-electron chi connectivity index (χ1n) is 7.11. The summed E-state index contributed by atoms with van der Waals surface area (Å²) in [6.45, 7) is 0.480. The van der Waals surface area contributed by atoms with E-state index in [1.807, 2.05) is 24.3 Å². The molecule has 8 nitrogen and oxygen atoms in total. The number of amides is 1. The van der Waals surface area contributed by atoms with Crippen molar-refractivity contribution in [3.8, 4) is 5.75 Å². The molecule has 122 valence electrons. The molecule has 0 aliphatic rings. The Morgan fingerprint density at radius 2 is 2.04 bits per heavy atom. The van der Waals surface area contributed by atoms with E-state index in [4.69, 9.17) is 9.84 Å². The van der Waals surface area contributed by atoms with Crippen LogP contribution < -0.4 is 10.1 Å². The smallest absolute Gasteiger partial charge is 0.358 e. The number of nitrogens with one attached hydrogen (secondary N) is 1. The van der Waals surface area contributed by atoms with Gasteiger partial charge in [0, 0.05) is 6.54 Å². The Labute approximate surface area is 133 Å². The van der Waals surface area contributed by atoms with Crippen molar-refractivity contribution in [1.29, 1.82) is 0 Å². The highest BCUT2D eigenvalue weighted by atomic mass is 16.5. The largest absolute Gasteiger partial charge is 0.497 e. The number of carboxylic acid groups (broad SMARTS) is 1. The number of hydrogen-bond donors (Lipinski definition) is 2. The molecular formula is C15H18N4O4. The molecule has 1 aromatic carbocycles. The first-order chi connectivity index (χ1) is 11.1. The zero-order chi connectivity index (χ0) is 16.7. The van der Waals surface area contributed by atoms with Crippen molar-refractivity contribution in [3.63, 3.8) is 0 Å². The lowest BCUT2D eigenvalue weighted by Crippen LogP contribution is -2.28. The number of hydrogen-bond acceptors (Lipinski definition) is 5. The number of carbonyl (C=O) groups excluding carboxylic acids is 1. The van der Waals surface area contributed by atoms with Gasteiger partial charge in [-0.2, -0.15) is 0 Å². The first kappa shape index (κ1) is 16.5. The minimum atomic E-state index is -1.17. The lowest BCUT2D eigenvalue weighted by molar-refractivity contribution is -0.121. The van der Waals surface area contributed by atoms with E-state index >= 15 is 0 Å². The maximum atomic E-state index is 11.7.